The van der Waals surface area contributed by atoms with Crippen LogP contribution in [0.1, 0.15) is 17.4 Å². The zero-order valence-electron chi connectivity index (χ0n) is 25.9. The van der Waals surface area contributed by atoms with E-state index < -0.39 is 52.2 Å². The molecule has 3 N–H and O–H groups in total. The summed E-state index contributed by atoms with van der Waals surface area (Å²) in [7, 11) is -2.32. The van der Waals surface area contributed by atoms with Crippen LogP contribution in [0.2, 0.25) is 5.02 Å². The number of nitrogens with one attached hydrogen (secondary N) is 1. The van der Waals surface area contributed by atoms with Gasteiger partial charge < -0.3 is 5.73 Å². The van der Waals surface area contributed by atoms with Gasteiger partial charge in [0.2, 0.25) is 10.0 Å². The summed E-state index contributed by atoms with van der Waals surface area (Å²) in [5, 5.41) is 8.52. The zero-order valence-corrected chi connectivity index (χ0v) is 27.5. The van der Waals surface area contributed by atoms with Crippen molar-refractivity contribution in [1.29, 1.82) is 0 Å². The molecule has 6 aromatic rings. The summed E-state index contributed by atoms with van der Waals surface area (Å²) in [5.41, 5.74) is 6.92. The third-order valence-electron chi connectivity index (χ3n) is 7.67. The number of aryl methyl sites for hydroxylation is 1. The van der Waals surface area contributed by atoms with Gasteiger partial charge in [0.15, 0.2) is 5.82 Å². The maximum Gasteiger partial charge on any atom is 0.326 e. The molecular weight excluding hydrogens is 714 g/mol. The number of anilines is 1. The Hall–Kier alpha value is -4.94. The molecule has 11 nitrogen and oxygen atoms in total. The molecule has 0 unspecified atom stereocenters. The third-order valence-corrected chi connectivity index (χ3v) is 8.55. The van der Waals surface area contributed by atoms with Crippen LogP contribution in [-0.2, 0) is 30.0 Å². The van der Waals surface area contributed by atoms with Crippen LogP contribution in [0, 0.1) is 11.6 Å². The van der Waals surface area contributed by atoms with Crippen LogP contribution in [0.3, 0.4) is 0 Å². The average Bonchev–Trinajstić information content (AvgIpc) is 3.60. The van der Waals surface area contributed by atoms with Crippen LogP contribution < -0.4 is 16.0 Å². The molecule has 6 rings (SSSR count). The number of hydrogen-bond acceptors (Lipinski definition) is 7. The van der Waals surface area contributed by atoms with Crippen molar-refractivity contribution in [3.63, 3.8) is 0 Å². The lowest BCUT2D eigenvalue weighted by atomic mass is 10.0. The number of benzene rings is 3. The van der Waals surface area contributed by atoms with Gasteiger partial charge in [0.1, 0.15) is 24.0 Å². The standard InChI is InChI=1S/C31H25ClF6N8O3S/c1-44-26-24(6-5-20(32)25(26)27(42-44)43-50(2,48)49)46-28(21(39)11-15-9-17(33)13-18(34)10-15)40-23-12-16(3-4-19(23)29(46)47)22-7-8-45(41-22)14-31(37,38)30(35)36/h3-10,12-13,21,30H,11,14,39H2,1-2H3,(H,42,43)/t21-/m0/s1. The maximum absolute atomic E-state index is 14.4. The smallest absolute Gasteiger partial charge is 0.321 e. The summed E-state index contributed by atoms with van der Waals surface area (Å²) in [4.78, 5) is 19.0. The highest BCUT2D eigenvalue weighted by Crippen LogP contribution is 2.35. The number of rotatable bonds is 10. The fourth-order valence-electron chi connectivity index (χ4n) is 5.59. The summed E-state index contributed by atoms with van der Waals surface area (Å²) >= 11 is 6.49. The van der Waals surface area contributed by atoms with E-state index in [0.29, 0.717) is 16.3 Å². The molecule has 262 valence electrons. The Balaban J connectivity index is 1.55. The molecule has 0 bridgehead atoms. The first-order valence-corrected chi connectivity index (χ1v) is 16.8. The van der Waals surface area contributed by atoms with E-state index in [1.165, 1.54) is 48.1 Å². The van der Waals surface area contributed by atoms with E-state index in [0.717, 1.165) is 29.2 Å². The van der Waals surface area contributed by atoms with Crippen LogP contribution >= 0.6 is 11.6 Å². The molecule has 3 heterocycles. The van der Waals surface area contributed by atoms with Gasteiger partial charge in [-0.05, 0) is 54.4 Å². The van der Waals surface area contributed by atoms with Crippen LogP contribution in [-0.4, -0.2) is 56.1 Å². The molecule has 0 aliphatic rings. The molecule has 0 aliphatic heterocycles. The molecule has 0 aliphatic carbocycles. The van der Waals surface area contributed by atoms with E-state index in [1.54, 1.807) is 0 Å². The normalized spacial score (nSPS) is 13.1. The average molecular weight is 739 g/mol. The minimum Gasteiger partial charge on any atom is -0.321 e. The Bertz CT molecular complexity index is 2450. The van der Waals surface area contributed by atoms with Crippen molar-refractivity contribution in [3.8, 4) is 16.9 Å². The van der Waals surface area contributed by atoms with Crippen LogP contribution in [0.5, 0.6) is 0 Å². The number of nitrogens with zero attached hydrogens (tertiary/aromatic N) is 6. The number of fused-ring (bicyclic) bond motifs is 2. The summed E-state index contributed by atoms with van der Waals surface area (Å²) in [5.74, 6) is -6.24. The van der Waals surface area contributed by atoms with Crippen molar-refractivity contribution in [3.05, 3.63) is 99.2 Å². The third kappa shape index (κ3) is 6.77. The van der Waals surface area contributed by atoms with Gasteiger partial charge in [-0.3, -0.25) is 23.4 Å². The fraction of sp³-hybridized carbons (Fsp3) is 0.226. The molecule has 3 aromatic carbocycles. The molecule has 3 aromatic heterocycles. The molecule has 1 atom stereocenters. The number of aromatic nitrogens is 6. The summed E-state index contributed by atoms with van der Waals surface area (Å²) in [6.07, 6.45) is -2.07. The Labute approximate surface area is 283 Å². The molecule has 50 heavy (non-hydrogen) atoms. The minimum absolute atomic E-state index is 0.0462. The molecule has 0 radical (unpaired) electrons. The van der Waals surface area contributed by atoms with Gasteiger partial charge in [0.25, 0.3) is 5.56 Å². The monoisotopic (exact) mass is 738 g/mol. The van der Waals surface area contributed by atoms with Gasteiger partial charge in [-0.15, -0.1) is 0 Å². The topological polar surface area (TPSA) is 143 Å². The van der Waals surface area contributed by atoms with E-state index in [4.69, 9.17) is 17.3 Å². The van der Waals surface area contributed by atoms with Gasteiger partial charge in [0, 0.05) is 24.9 Å². The van der Waals surface area contributed by atoms with Crippen LogP contribution in [0.15, 0.2) is 65.6 Å². The highest BCUT2D eigenvalue weighted by molar-refractivity contribution is 7.92. The zero-order chi connectivity index (χ0) is 36.3. The predicted octanol–water partition coefficient (Wildman–Crippen LogP) is 5.58. The predicted molar refractivity (Wildman–Crippen MR) is 174 cm³/mol. The number of hydrogen-bond donors (Lipinski definition) is 2. The van der Waals surface area contributed by atoms with Crippen molar-refractivity contribution >= 4 is 49.2 Å². The lowest BCUT2D eigenvalue weighted by molar-refractivity contribution is -0.139. The summed E-state index contributed by atoms with van der Waals surface area (Å²) in [6, 6.07) is 10.1. The Morgan fingerprint density at radius 3 is 2.38 bits per heavy atom. The molecule has 0 amide bonds. The highest BCUT2D eigenvalue weighted by Gasteiger charge is 2.41. The van der Waals surface area contributed by atoms with Crippen molar-refractivity contribution in [2.24, 2.45) is 12.8 Å². The van der Waals surface area contributed by atoms with Gasteiger partial charge >= 0.3 is 12.3 Å². The summed E-state index contributed by atoms with van der Waals surface area (Å²) < 4.78 is 111. The Morgan fingerprint density at radius 1 is 1.02 bits per heavy atom. The van der Waals surface area contributed by atoms with E-state index in [9.17, 15) is 39.6 Å². The fourth-order valence-corrected chi connectivity index (χ4v) is 6.33. The lowest BCUT2D eigenvalue weighted by Gasteiger charge is -2.20. The largest absolute Gasteiger partial charge is 0.326 e. The van der Waals surface area contributed by atoms with Crippen molar-refractivity contribution in [2.45, 2.75) is 31.4 Å². The Kier molecular flexibility index (Phi) is 8.90. The van der Waals surface area contributed by atoms with Gasteiger partial charge in [-0.2, -0.15) is 19.0 Å². The number of sulfonamides is 1. The van der Waals surface area contributed by atoms with Crippen molar-refractivity contribution in [2.75, 3.05) is 11.0 Å². The number of alkyl halides is 4. The molecular formula is C31H25ClF6N8O3S. The number of halogens is 7. The highest BCUT2D eigenvalue weighted by atomic mass is 35.5. The summed E-state index contributed by atoms with van der Waals surface area (Å²) in [6.45, 7) is -1.37. The van der Waals surface area contributed by atoms with Crippen LogP contribution in [0.4, 0.5) is 32.2 Å². The quantitative estimate of drug-likeness (QED) is 0.175. The molecule has 0 saturated carbocycles. The second kappa shape index (κ2) is 12.7. The van der Waals surface area contributed by atoms with Gasteiger partial charge in [-0.1, -0.05) is 17.7 Å². The SMILES string of the molecule is Cn1nc(NS(C)(=O)=O)c2c(Cl)ccc(-n3c([C@@H](N)Cc4cc(F)cc(F)c4)nc4cc(-c5ccn(CC(F)(F)C(F)F)n5)ccc4c3=O)c21. The Morgan fingerprint density at radius 2 is 1.72 bits per heavy atom. The maximum atomic E-state index is 14.4. The minimum atomic E-state index is -4.32. The lowest BCUT2D eigenvalue weighted by Crippen LogP contribution is -2.32. The number of nitrogens with two attached hydrogens (primary N) is 1. The second-order valence-corrected chi connectivity index (χ2v) is 13.7. The van der Waals surface area contributed by atoms with Gasteiger partial charge in [-0.25, -0.2) is 31.0 Å². The molecule has 0 spiro atoms. The molecule has 0 fully saturated rings. The first-order chi connectivity index (χ1) is 23.4. The first kappa shape index (κ1) is 34.9. The van der Waals surface area contributed by atoms with E-state index in [2.05, 4.69) is 19.9 Å². The first-order valence-electron chi connectivity index (χ1n) is 14.5. The van der Waals surface area contributed by atoms with Crippen molar-refractivity contribution < 1.29 is 34.8 Å². The van der Waals surface area contributed by atoms with Crippen molar-refractivity contribution in [1.82, 2.24) is 29.1 Å². The van der Waals surface area contributed by atoms with Gasteiger partial charge in [0.05, 0.1) is 50.5 Å². The second-order valence-electron chi connectivity index (χ2n) is 11.5. The van der Waals surface area contributed by atoms with E-state index in [1.807, 2.05) is 0 Å². The van der Waals surface area contributed by atoms with E-state index >= 15 is 0 Å². The van der Waals surface area contributed by atoms with E-state index in [-0.39, 0.29) is 61.8 Å². The molecule has 0 saturated heterocycles. The van der Waals surface area contributed by atoms with Crippen LogP contribution in [0.25, 0.3) is 38.8 Å². The molecule has 19 heteroatoms.